The van der Waals surface area contributed by atoms with Crippen LogP contribution in [0.25, 0.3) is 0 Å². The number of nitrogens with zero attached hydrogens (tertiary/aromatic N) is 2. The van der Waals surface area contributed by atoms with Crippen LogP contribution < -0.4 is 24.4 Å². The van der Waals surface area contributed by atoms with Gasteiger partial charge in [0, 0.05) is 12.2 Å². The molecule has 190 valence electrons. The molecular weight excluding hydrogens is 490 g/mol. The number of thiocarbonyl (C=S) groups is 1. The maximum atomic E-state index is 13.6. The zero-order valence-corrected chi connectivity index (χ0v) is 21.2. The second kappa shape index (κ2) is 10.9. The summed E-state index contributed by atoms with van der Waals surface area (Å²) in [5.74, 6) is 1.54. The Morgan fingerprint density at radius 2 is 1.81 bits per heavy atom. The third-order valence-electron chi connectivity index (χ3n) is 6.11. The van der Waals surface area contributed by atoms with Crippen molar-refractivity contribution in [1.82, 2.24) is 4.90 Å². The van der Waals surface area contributed by atoms with E-state index in [1.807, 2.05) is 67.6 Å². The van der Waals surface area contributed by atoms with Crippen molar-refractivity contribution in [2.75, 3.05) is 23.6 Å². The van der Waals surface area contributed by atoms with E-state index in [0.29, 0.717) is 41.1 Å². The Morgan fingerprint density at radius 1 is 1.05 bits per heavy atom. The van der Waals surface area contributed by atoms with Crippen LogP contribution in [0.5, 0.6) is 17.2 Å². The van der Waals surface area contributed by atoms with Crippen LogP contribution in [0.3, 0.4) is 0 Å². The minimum absolute atomic E-state index is 0.0546. The molecule has 0 aromatic heterocycles. The Kier molecular flexibility index (Phi) is 7.23. The van der Waals surface area contributed by atoms with Gasteiger partial charge in [0.2, 0.25) is 12.7 Å². The normalized spacial score (nSPS) is 16.3. The molecular formula is C28H27N3O5S. The lowest BCUT2D eigenvalue weighted by Gasteiger charge is -2.24. The van der Waals surface area contributed by atoms with Crippen molar-refractivity contribution in [2.45, 2.75) is 32.4 Å². The first-order valence-electron chi connectivity index (χ1n) is 12.1. The highest BCUT2D eigenvalue weighted by Gasteiger charge is 2.44. The van der Waals surface area contributed by atoms with E-state index in [0.717, 1.165) is 17.7 Å². The summed E-state index contributed by atoms with van der Waals surface area (Å²) in [6.45, 7) is 3.19. The van der Waals surface area contributed by atoms with Gasteiger partial charge >= 0.3 is 0 Å². The average molecular weight is 518 g/mol. The molecule has 0 unspecified atom stereocenters. The maximum Gasteiger partial charge on any atom is 0.256 e. The summed E-state index contributed by atoms with van der Waals surface area (Å²) in [6, 6.07) is 21.3. The predicted octanol–water partition coefficient (Wildman–Crippen LogP) is 4.74. The van der Waals surface area contributed by atoms with E-state index in [1.165, 1.54) is 4.90 Å². The van der Waals surface area contributed by atoms with Gasteiger partial charge in [-0.25, -0.2) is 0 Å². The summed E-state index contributed by atoms with van der Waals surface area (Å²) >= 11 is 5.76. The van der Waals surface area contributed by atoms with Gasteiger partial charge in [-0.05, 0) is 72.7 Å². The number of fused-ring (bicyclic) bond motifs is 1. The lowest BCUT2D eigenvalue weighted by atomic mass is 10.1. The molecule has 8 nitrogen and oxygen atoms in total. The average Bonchev–Trinajstić information content (AvgIpc) is 3.47. The van der Waals surface area contributed by atoms with Crippen LogP contribution >= 0.6 is 12.2 Å². The van der Waals surface area contributed by atoms with Crippen LogP contribution in [-0.4, -0.2) is 41.3 Å². The Labute approximate surface area is 220 Å². The van der Waals surface area contributed by atoms with Crippen LogP contribution in [0.4, 0.5) is 11.4 Å². The quantitative estimate of drug-likeness (QED) is 0.411. The van der Waals surface area contributed by atoms with Crippen LogP contribution in [0.15, 0.2) is 72.8 Å². The molecule has 0 radical (unpaired) electrons. The molecule has 1 fully saturated rings. The number of nitrogens with one attached hydrogen (secondary N) is 1. The van der Waals surface area contributed by atoms with Crippen molar-refractivity contribution < 1.29 is 23.8 Å². The Morgan fingerprint density at radius 3 is 2.57 bits per heavy atom. The van der Waals surface area contributed by atoms with E-state index >= 15 is 0 Å². The molecule has 2 amide bonds. The van der Waals surface area contributed by atoms with Crippen molar-refractivity contribution in [2.24, 2.45) is 0 Å². The Hall–Kier alpha value is -4.11. The summed E-state index contributed by atoms with van der Waals surface area (Å²) in [6.07, 6.45) is 0.861. The summed E-state index contributed by atoms with van der Waals surface area (Å²) in [4.78, 5) is 29.9. The van der Waals surface area contributed by atoms with Crippen LogP contribution in [0.1, 0.15) is 25.3 Å². The van der Waals surface area contributed by atoms with Gasteiger partial charge in [-0.15, -0.1) is 0 Å². The summed E-state index contributed by atoms with van der Waals surface area (Å²) in [7, 11) is 0. The molecule has 3 aromatic carbocycles. The fourth-order valence-corrected chi connectivity index (χ4v) is 4.69. The second-order valence-corrected chi connectivity index (χ2v) is 9.11. The van der Waals surface area contributed by atoms with Crippen molar-refractivity contribution in [3.8, 4) is 17.2 Å². The third-order valence-corrected chi connectivity index (χ3v) is 6.53. The Balaban J connectivity index is 1.35. The second-order valence-electron chi connectivity index (χ2n) is 8.75. The van der Waals surface area contributed by atoms with Crippen molar-refractivity contribution in [3.63, 3.8) is 0 Å². The molecule has 3 aromatic rings. The van der Waals surface area contributed by atoms with E-state index in [9.17, 15) is 9.59 Å². The van der Waals surface area contributed by atoms with Gasteiger partial charge in [-0.3, -0.25) is 14.5 Å². The van der Waals surface area contributed by atoms with Crippen LogP contribution in [-0.2, 0) is 16.1 Å². The maximum absolute atomic E-state index is 13.6. The van der Waals surface area contributed by atoms with Gasteiger partial charge in [0.15, 0.2) is 16.6 Å². The number of ether oxygens (including phenoxy) is 3. The first-order valence-corrected chi connectivity index (χ1v) is 12.5. The number of carbonyl (C=O) groups is 2. The Bertz CT molecular complexity index is 1300. The number of carbonyl (C=O) groups excluding carboxylic acids is 2. The van der Waals surface area contributed by atoms with Gasteiger partial charge in [0.05, 0.1) is 18.7 Å². The number of anilines is 2. The minimum atomic E-state index is -0.759. The highest BCUT2D eigenvalue weighted by molar-refractivity contribution is 7.80. The van der Waals surface area contributed by atoms with E-state index in [1.54, 1.807) is 17.0 Å². The molecule has 5 rings (SSSR count). The summed E-state index contributed by atoms with van der Waals surface area (Å²) in [5, 5.41) is 3.24. The van der Waals surface area contributed by atoms with E-state index in [-0.39, 0.29) is 25.0 Å². The van der Waals surface area contributed by atoms with Crippen molar-refractivity contribution in [3.05, 3.63) is 78.4 Å². The van der Waals surface area contributed by atoms with Crippen molar-refractivity contribution in [1.29, 1.82) is 0 Å². The number of hydrogen-bond donors (Lipinski definition) is 1. The molecule has 37 heavy (non-hydrogen) atoms. The fraction of sp³-hybridized carbons (Fsp3) is 0.250. The molecule has 1 atom stereocenters. The number of hydrogen-bond acceptors (Lipinski definition) is 6. The van der Waals surface area contributed by atoms with Crippen molar-refractivity contribution >= 4 is 40.5 Å². The molecule has 2 aliphatic heterocycles. The molecule has 0 aliphatic carbocycles. The van der Waals surface area contributed by atoms with Crippen LogP contribution in [0, 0.1) is 0 Å². The van der Waals surface area contributed by atoms with E-state index in [4.69, 9.17) is 26.4 Å². The largest absolute Gasteiger partial charge is 0.494 e. The van der Waals surface area contributed by atoms with Gasteiger partial charge in [-0.2, -0.15) is 0 Å². The minimum Gasteiger partial charge on any atom is -0.494 e. The number of para-hydroxylation sites is 1. The first-order chi connectivity index (χ1) is 18.0. The zero-order chi connectivity index (χ0) is 25.8. The monoisotopic (exact) mass is 517 g/mol. The van der Waals surface area contributed by atoms with Gasteiger partial charge in [0.25, 0.3) is 5.91 Å². The molecule has 1 saturated heterocycles. The zero-order valence-electron chi connectivity index (χ0n) is 20.4. The first kappa shape index (κ1) is 24.6. The number of benzene rings is 3. The molecule has 2 aliphatic rings. The highest BCUT2D eigenvalue weighted by atomic mass is 32.1. The lowest BCUT2D eigenvalue weighted by molar-refractivity contribution is -0.124. The SMILES string of the molecule is CCCOc1ccc(NC(=O)C[C@@H]2C(=O)N(c3ccccc3)C(=S)N2Cc2ccc3c(c2)OCO3)cc1. The molecule has 9 heteroatoms. The highest BCUT2D eigenvalue weighted by Crippen LogP contribution is 2.34. The van der Waals surface area contributed by atoms with Crippen LogP contribution in [0.2, 0.25) is 0 Å². The number of rotatable bonds is 9. The van der Waals surface area contributed by atoms with Gasteiger partial charge in [0.1, 0.15) is 11.8 Å². The topological polar surface area (TPSA) is 80.3 Å². The van der Waals surface area contributed by atoms with Gasteiger partial charge < -0.3 is 24.4 Å². The predicted molar refractivity (Wildman–Crippen MR) is 144 cm³/mol. The third kappa shape index (κ3) is 5.36. The van der Waals surface area contributed by atoms with E-state index < -0.39 is 6.04 Å². The number of amides is 2. The molecule has 0 bridgehead atoms. The molecule has 0 spiro atoms. The molecule has 0 saturated carbocycles. The fourth-order valence-electron chi connectivity index (χ4n) is 4.31. The summed E-state index contributed by atoms with van der Waals surface area (Å²) in [5.41, 5.74) is 2.19. The summed E-state index contributed by atoms with van der Waals surface area (Å²) < 4.78 is 16.5. The van der Waals surface area contributed by atoms with E-state index in [2.05, 4.69) is 5.32 Å². The lowest BCUT2D eigenvalue weighted by Crippen LogP contribution is -2.37. The van der Waals surface area contributed by atoms with Gasteiger partial charge in [-0.1, -0.05) is 31.2 Å². The molecule has 1 N–H and O–H groups in total. The molecule has 2 heterocycles. The smallest absolute Gasteiger partial charge is 0.256 e. The standard InChI is InChI=1S/C28H27N3O5S/c1-2-14-34-22-11-9-20(10-12-22)29-26(32)16-23-27(33)31(21-6-4-3-5-7-21)28(37)30(23)17-19-8-13-24-25(15-19)36-18-35-24/h3-13,15,23H,2,14,16-18H2,1H3,(H,29,32)/t23-/m1/s1.